The zero-order valence-corrected chi connectivity index (χ0v) is 16.7. The van der Waals surface area contributed by atoms with Crippen molar-refractivity contribution >= 4 is 11.6 Å². The first-order valence-corrected chi connectivity index (χ1v) is 10.4. The van der Waals surface area contributed by atoms with Crippen LogP contribution in [0, 0.1) is 6.92 Å². The fraction of sp³-hybridized carbons (Fsp3) is 0.571. The summed E-state index contributed by atoms with van der Waals surface area (Å²) in [5.41, 5.74) is 1.01. The van der Waals surface area contributed by atoms with Crippen LogP contribution < -0.4 is 5.32 Å². The van der Waals surface area contributed by atoms with Gasteiger partial charge in [-0.3, -0.25) is 14.7 Å². The Morgan fingerprint density at radius 1 is 1.28 bits per heavy atom. The highest BCUT2D eigenvalue weighted by Gasteiger charge is 2.48. The molecule has 29 heavy (non-hydrogen) atoms. The van der Waals surface area contributed by atoms with E-state index in [1.807, 2.05) is 31.5 Å². The Morgan fingerprint density at radius 2 is 2.14 bits per heavy atom. The third-order valence-electron chi connectivity index (χ3n) is 6.44. The van der Waals surface area contributed by atoms with E-state index in [1.165, 1.54) is 0 Å². The van der Waals surface area contributed by atoms with E-state index in [2.05, 4.69) is 24.8 Å². The van der Waals surface area contributed by atoms with Gasteiger partial charge in [0.2, 0.25) is 0 Å². The summed E-state index contributed by atoms with van der Waals surface area (Å²) in [5.74, 6) is 0.813. The Kier molecular flexibility index (Phi) is 4.85. The Bertz CT molecular complexity index is 884. The van der Waals surface area contributed by atoms with Crippen molar-refractivity contribution in [3.63, 3.8) is 0 Å². The van der Waals surface area contributed by atoms with Crippen LogP contribution in [0.5, 0.6) is 0 Å². The highest BCUT2D eigenvalue weighted by Crippen LogP contribution is 2.41. The van der Waals surface area contributed by atoms with Crippen LogP contribution in [0.1, 0.15) is 30.8 Å². The van der Waals surface area contributed by atoms with Crippen LogP contribution in [0.2, 0.25) is 0 Å². The molecule has 0 aliphatic carbocycles. The highest BCUT2D eigenvalue weighted by molar-refractivity contribution is 5.94. The number of anilines is 1. The molecule has 3 aliphatic rings. The zero-order valence-electron chi connectivity index (χ0n) is 16.7. The third-order valence-corrected chi connectivity index (χ3v) is 6.44. The lowest BCUT2D eigenvalue weighted by Crippen LogP contribution is -2.54. The van der Waals surface area contributed by atoms with Crippen molar-refractivity contribution in [2.45, 2.75) is 50.5 Å². The average Bonchev–Trinajstić information content (AvgIpc) is 3.42. The molecule has 1 amide bonds. The molecule has 0 bridgehead atoms. The number of amides is 1. The van der Waals surface area contributed by atoms with Gasteiger partial charge >= 0.3 is 0 Å². The van der Waals surface area contributed by atoms with Gasteiger partial charge in [0.15, 0.2) is 6.10 Å². The average molecular weight is 397 g/mol. The molecule has 3 aliphatic heterocycles. The lowest BCUT2D eigenvalue weighted by Gasteiger charge is -2.46. The van der Waals surface area contributed by atoms with Crippen molar-refractivity contribution in [3.05, 3.63) is 42.2 Å². The molecule has 2 aromatic heterocycles. The molecule has 1 spiro atoms. The Morgan fingerprint density at radius 3 is 2.90 bits per heavy atom. The quantitative estimate of drug-likeness (QED) is 0.849. The standard InChI is InChI=1S/C21H27N5O3/c1-15-17(3-2-7-22-15)24-19(27)18-13-26-11-8-23-20(26)21(29-18)5-9-25(10-6-21)16-4-12-28-14-16/h2-3,7-8,11,16,18H,4-6,9-10,12-14H2,1H3,(H,24,27)/t16-,18+/m0/s1. The number of hydrogen-bond acceptors (Lipinski definition) is 6. The second-order valence-electron chi connectivity index (χ2n) is 8.18. The van der Waals surface area contributed by atoms with Gasteiger partial charge in [-0.15, -0.1) is 0 Å². The number of rotatable bonds is 3. The molecule has 2 saturated heterocycles. The second-order valence-corrected chi connectivity index (χ2v) is 8.18. The van der Waals surface area contributed by atoms with Crippen molar-refractivity contribution in [1.29, 1.82) is 0 Å². The third kappa shape index (κ3) is 3.45. The van der Waals surface area contributed by atoms with Gasteiger partial charge in [-0.25, -0.2) is 4.98 Å². The summed E-state index contributed by atoms with van der Waals surface area (Å²) in [4.78, 5) is 24.4. The predicted octanol–water partition coefficient (Wildman–Crippen LogP) is 1.70. The number of ether oxygens (including phenoxy) is 2. The molecule has 2 atom stereocenters. The SMILES string of the molecule is Cc1ncccc1NC(=O)[C@H]1Cn2ccnc2C2(CCN([C@H]3CCOC3)CC2)O1. The number of hydrogen-bond donors (Lipinski definition) is 1. The van der Waals surface area contributed by atoms with E-state index in [1.54, 1.807) is 6.20 Å². The topological polar surface area (TPSA) is 81.5 Å². The first-order valence-electron chi connectivity index (χ1n) is 10.4. The second kappa shape index (κ2) is 7.51. The maximum atomic E-state index is 13.0. The summed E-state index contributed by atoms with van der Waals surface area (Å²) in [6.07, 6.45) is 7.68. The van der Waals surface area contributed by atoms with Gasteiger partial charge in [-0.05, 0) is 38.3 Å². The van der Waals surface area contributed by atoms with Crippen molar-refractivity contribution in [3.8, 4) is 0 Å². The van der Waals surface area contributed by atoms with Crippen LogP contribution in [0.3, 0.4) is 0 Å². The van der Waals surface area contributed by atoms with Gasteiger partial charge < -0.3 is 19.4 Å². The molecule has 2 aromatic rings. The maximum absolute atomic E-state index is 13.0. The number of likely N-dealkylation sites (tertiary alicyclic amines) is 1. The molecule has 5 heterocycles. The van der Waals surface area contributed by atoms with Crippen LogP contribution in [0.25, 0.3) is 0 Å². The lowest BCUT2D eigenvalue weighted by molar-refractivity contribution is -0.171. The Labute approximate surface area is 170 Å². The van der Waals surface area contributed by atoms with Crippen LogP contribution in [-0.2, 0) is 26.4 Å². The van der Waals surface area contributed by atoms with Gasteiger partial charge in [0.25, 0.3) is 5.91 Å². The minimum absolute atomic E-state index is 0.133. The number of carbonyl (C=O) groups excluding carboxylic acids is 1. The Hall–Kier alpha value is -2.29. The first kappa shape index (κ1) is 18.7. The summed E-state index contributed by atoms with van der Waals surface area (Å²) in [6, 6.07) is 4.19. The maximum Gasteiger partial charge on any atom is 0.255 e. The van der Waals surface area contributed by atoms with E-state index in [9.17, 15) is 4.79 Å². The number of nitrogens with one attached hydrogen (secondary N) is 1. The molecular weight excluding hydrogens is 370 g/mol. The molecule has 2 fully saturated rings. The number of pyridine rings is 1. The van der Waals surface area contributed by atoms with Gasteiger partial charge in [0.1, 0.15) is 11.4 Å². The highest BCUT2D eigenvalue weighted by atomic mass is 16.5. The Balaban J connectivity index is 1.34. The molecule has 1 N–H and O–H groups in total. The monoisotopic (exact) mass is 397 g/mol. The van der Waals surface area contributed by atoms with E-state index < -0.39 is 11.7 Å². The number of fused-ring (bicyclic) bond motifs is 2. The number of aryl methyl sites for hydroxylation is 1. The summed E-state index contributed by atoms with van der Waals surface area (Å²) in [6.45, 7) is 5.88. The summed E-state index contributed by atoms with van der Waals surface area (Å²) in [7, 11) is 0. The first-order chi connectivity index (χ1) is 14.1. The van der Waals surface area contributed by atoms with Gasteiger partial charge in [-0.2, -0.15) is 0 Å². The zero-order chi connectivity index (χ0) is 19.8. The smallest absolute Gasteiger partial charge is 0.255 e. The fourth-order valence-electron chi connectivity index (χ4n) is 4.76. The van der Waals surface area contributed by atoms with Crippen LogP contribution in [-0.4, -0.2) is 63.8 Å². The van der Waals surface area contributed by atoms with Crippen LogP contribution in [0.15, 0.2) is 30.7 Å². The normalized spacial score (nSPS) is 26.4. The number of carbonyl (C=O) groups is 1. The van der Waals surface area contributed by atoms with Gasteiger partial charge in [-0.1, -0.05) is 0 Å². The van der Waals surface area contributed by atoms with E-state index >= 15 is 0 Å². The van der Waals surface area contributed by atoms with Crippen molar-refractivity contribution < 1.29 is 14.3 Å². The molecule has 5 rings (SSSR count). The number of imidazole rings is 1. The molecule has 8 nitrogen and oxygen atoms in total. The van der Waals surface area contributed by atoms with Crippen molar-refractivity contribution in [1.82, 2.24) is 19.4 Å². The van der Waals surface area contributed by atoms with Gasteiger partial charge in [0.05, 0.1) is 24.5 Å². The minimum Gasteiger partial charge on any atom is -0.380 e. The summed E-state index contributed by atoms with van der Waals surface area (Å²) < 4.78 is 14.2. The number of piperidine rings is 1. The van der Waals surface area contributed by atoms with Crippen molar-refractivity contribution in [2.75, 3.05) is 31.6 Å². The van der Waals surface area contributed by atoms with Crippen molar-refractivity contribution in [2.24, 2.45) is 0 Å². The molecule has 0 saturated carbocycles. The molecule has 0 radical (unpaired) electrons. The van der Waals surface area contributed by atoms with E-state index in [-0.39, 0.29) is 5.91 Å². The molecular formula is C21H27N5O3. The molecule has 154 valence electrons. The summed E-state index contributed by atoms with van der Waals surface area (Å²) >= 11 is 0. The van der Waals surface area contributed by atoms with E-state index in [0.717, 1.165) is 62.8 Å². The molecule has 0 aromatic carbocycles. The lowest BCUT2D eigenvalue weighted by atomic mass is 9.87. The number of aromatic nitrogens is 3. The number of nitrogens with zero attached hydrogens (tertiary/aromatic N) is 4. The van der Waals surface area contributed by atoms with E-state index in [4.69, 9.17) is 9.47 Å². The predicted molar refractivity (Wildman–Crippen MR) is 106 cm³/mol. The van der Waals surface area contributed by atoms with Gasteiger partial charge in [0, 0.05) is 44.3 Å². The molecule has 8 heteroatoms. The summed E-state index contributed by atoms with van der Waals surface area (Å²) in [5, 5.41) is 2.99. The van der Waals surface area contributed by atoms with Crippen LogP contribution in [0.4, 0.5) is 5.69 Å². The largest absolute Gasteiger partial charge is 0.380 e. The minimum atomic E-state index is -0.558. The molecule has 0 unspecified atom stereocenters. The van der Waals surface area contributed by atoms with E-state index in [0.29, 0.717) is 12.6 Å². The fourth-order valence-corrected chi connectivity index (χ4v) is 4.76. The van der Waals surface area contributed by atoms with Crippen LogP contribution >= 0.6 is 0 Å².